The minimum Gasteiger partial charge on any atom is -0.457 e. The monoisotopic (exact) mass is 374 g/mol. The molecule has 0 fully saturated rings. The van der Waals surface area contributed by atoms with Crippen LogP contribution < -0.4 is 15.8 Å². The molecule has 0 saturated heterocycles. The maximum absolute atomic E-state index is 11.6. The number of rotatable bonds is 6. The standard InChI is InChI=1S/C20H26N2O5/c1-20(2,3)27-19(25)22-12-17(23)18(24)13-4-8-15(9-5-13)26-16-10-6-14(21)7-11-16/h4-11,17-18,23-24H,12,21H2,1-3H3,(H,22,25). The van der Waals surface area contributed by atoms with Crippen molar-refractivity contribution in [3.63, 3.8) is 0 Å². The first-order chi connectivity index (χ1) is 12.6. The number of nitrogens with two attached hydrogens (primary N) is 1. The molecular weight excluding hydrogens is 348 g/mol. The van der Waals surface area contributed by atoms with Gasteiger partial charge in [-0.1, -0.05) is 12.1 Å². The van der Waals surface area contributed by atoms with Gasteiger partial charge in [-0.2, -0.15) is 0 Å². The smallest absolute Gasteiger partial charge is 0.407 e. The normalized spacial score (nSPS) is 13.5. The summed E-state index contributed by atoms with van der Waals surface area (Å²) < 4.78 is 10.8. The third-order valence-corrected chi connectivity index (χ3v) is 3.56. The Morgan fingerprint density at radius 2 is 1.56 bits per heavy atom. The molecule has 2 aromatic carbocycles. The van der Waals surface area contributed by atoms with Gasteiger partial charge < -0.3 is 30.7 Å². The summed E-state index contributed by atoms with van der Waals surface area (Å²) in [6, 6.07) is 13.6. The van der Waals surface area contributed by atoms with Gasteiger partial charge in [0.2, 0.25) is 0 Å². The van der Waals surface area contributed by atoms with E-state index in [-0.39, 0.29) is 6.54 Å². The van der Waals surface area contributed by atoms with Crippen LogP contribution in [0.1, 0.15) is 32.4 Å². The molecule has 0 bridgehead atoms. The molecule has 0 aliphatic carbocycles. The summed E-state index contributed by atoms with van der Waals surface area (Å²) in [7, 11) is 0. The highest BCUT2D eigenvalue weighted by molar-refractivity contribution is 5.67. The van der Waals surface area contributed by atoms with Crippen LogP contribution in [0.2, 0.25) is 0 Å². The van der Waals surface area contributed by atoms with Gasteiger partial charge in [-0.15, -0.1) is 0 Å². The minimum absolute atomic E-state index is 0.139. The number of anilines is 1. The van der Waals surface area contributed by atoms with E-state index in [1.54, 1.807) is 69.3 Å². The van der Waals surface area contributed by atoms with Gasteiger partial charge in [0.15, 0.2) is 0 Å². The van der Waals surface area contributed by atoms with Crippen LogP contribution in [-0.4, -0.2) is 34.6 Å². The highest BCUT2D eigenvalue weighted by Gasteiger charge is 2.21. The largest absolute Gasteiger partial charge is 0.457 e. The topological polar surface area (TPSA) is 114 Å². The molecular formula is C20H26N2O5. The van der Waals surface area contributed by atoms with E-state index >= 15 is 0 Å². The third-order valence-electron chi connectivity index (χ3n) is 3.56. The van der Waals surface area contributed by atoms with Crippen molar-refractivity contribution < 1.29 is 24.5 Å². The van der Waals surface area contributed by atoms with E-state index in [0.29, 0.717) is 22.7 Å². The van der Waals surface area contributed by atoms with Gasteiger partial charge in [-0.25, -0.2) is 4.79 Å². The second-order valence-corrected chi connectivity index (χ2v) is 7.14. The molecule has 0 radical (unpaired) electrons. The molecule has 0 spiro atoms. The molecule has 146 valence electrons. The number of nitrogens with one attached hydrogen (secondary N) is 1. The highest BCUT2D eigenvalue weighted by Crippen LogP contribution is 2.25. The van der Waals surface area contributed by atoms with Crippen LogP contribution in [-0.2, 0) is 4.74 Å². The fourth-order valence-corrected chi connectivity index (χ4v) is 2.24. The summed E-state index contributed by atoms with van der Waals surface area (Å²) in [5.41, 5.74) is 6.15. The maximum Gasteiger partial charge on any atom is 0.407 e. The molecule has 27 heavy (non-hydrogen) atoms. The van der Waals surface area contributed by atoms with E-state index in [1.165, 1.54) is 0 Å². The summed E-state index contributed by atoms with van der Waals surface area (Å²) in [5, 5.41) is 22.8. The molecule has 0 heterocycles. The number of benzene rings is 2. The Morgan fingerprint density at radius 1 is 1.04 bits per heavy atom. The van der Waals surface area contributed by atoms with Crippen LogP contribution in [0.4, 0.5) is 10.5 Å². The van der Waals surface area contributed by atoms with Crippen molar-refractivity contribution in [2.24, 2.45) is 0 Å². The van der Waals surface area contributed by atoms with Crippen LogP contribution >= 0.6 is 0 Å². The lowest BCUT2D eigenvalue weighted by Crippen LogP contribution is -2.38. The molecule has 2 rings (SSSR count). The predicted octanol–water partition coefficient (Wildman–Crippen LogP) is 2.98. The Labute approximate surface area is 158 Å². The van der Waals surface area contributed by atoms with Crippen molar-refractivity contribution >= 4 is 11.8 Å². The van der Waals surface area contributed by atoms with Crippen molar-refractivity contribution in [2.75, 3.05) is 12.3 Å². The fourth-order valence-electron chi connectivity index (χ4n) is 2.24. The summed E-state index contributed by atoms with van der Waals surface area (Å²) in [5.74, 6) is 1.22. The molecule has 5 N–H and O–H groups in total. The van der Waals surface area contributed by atoms with E-state index in [2.05, 4.69) is 5.32 Å². The molecule has 0 aliphatic rings. The zero-order valence-corrected chi connectivity index (χ0v) is 15.7. The van der Waals surface area contributed by atoms with Crippen LogP contribution in [0.25, 0.3) is 0 Å². The highest BCUT2D eigenvalue weighted by atomic mass is 16.6. The lowest BCUT2D eigenvalue weighted by molar-refractivity contribution is 0.0129. The fraction of sp³-hybridized carbons (Fsp3) is 0.350. The van der Waals surface area contributed by atoms with E-state index < -0.39 is 23.9 Å². The molecule has 2 atom stereocenters. The van der Waals surface area contributed by atoms with Crippen LogP contribution in [0.3, 0.4) is 0 Å². The summed E-state index contributed by atoms with van der Waals surface area (Å²) in [6.45, 7) is 5.09. The zero-order chi connectivity index (χ0) is 20.0. The van der Waals surface area contributed by atoms with Crippen molar-refractivity contribution in [1.29, 1.82) is 0 Å². The van der Waals surface area contributed by atoms with Gasteiger partial charge in [0.05, 0.1) is 0 Å². The van der Waals surface area contributed by atoms with Crippen LogP contribution in [0.15, 0.2) is 48.5 Å². The number of ether oxygens (including phenoxy) is 2. The Balaban J connectivity index is 1.89. The number of hydrogen-bond acceptors (Lipinski definition) is 6. The summed E-state index contributed by atoms with van der Waals surface area (Å²) in [6.07, 6.45) is -2.99. The summed E-state index contributed by atoms with van der Waals surface area (Å²) in [4.78, 5) is 11.6. The number of hydrogen-bond donors (Lipinski definition) is 4. The number of aliphatic hydroxyl groups is 2. The van der Waals surface area contributed by atoms with Gasteiger partial charge in [0, 0.05) is 12.2 Å². The average Bonchev–Trinajstić information content (AvgIpc) is 2.60. The number of carbonyl (C=O) groups is 1. The molecule has 0 aromatic heterocycles. The van der Waals surface area contributed by atoms with E-state index in [0.717, 1.165) is 0 Å². The lowest BCUT2D eigenvalue weighted by Gasteiger charge is -2.22. The van der Waals surface area contributed by atoms with Crippen LogP contribution in [0.5, 0.6) is 11.5 Å². The first-order valence-corrected chi connectivity index (χ1v) is 8.60. The van der Waals surface area contributed by atoms with Gasteiger partial charge in [0.1, 0.15) is 29.3 Å². The second-order valence-electron chi connectivity index (χ2n) is 7.14. The molecule has 2 aromatic rings. The number of nitrogen functional groups attached to an aromatic ring is 1. The lowest BCUT2D eigenvalue weighted by atomic mass is 10.0. The first-order valence-electron chi connectivity index (χ1n) is 8.60. The molecule has 0 aliphatic heterocycles. The quantitative estimate of drug-likeness (QED) is 0.578. The third kappa shape index (κ3) is 6.80. The van der Waals surface area contributed by atoms with Crippen LogP contribution in [0, 0.1) is 0 Å². The van der Waals surface area contributed by atoms with E-state index in [4.69, 9.17) is 15.2 Å². The predicted molar refractivity (Wildman–Crippen MR) is 103 cm³/mol. The molecule has 2 unspecified atom stereocenters. The van der Waals surface area contributed by atoms with E-state index in [1.807, 2.05) is 0 Å². The summed E-state index contributed by atoms with van der Waals surface area (Å²) >= 11 is 0. The first kappa shape index (κ1) is 20.5. The van der Waals surface area contributed by atoms with Gasteiger partial charge in [-0.3, -0.25) is 0 Å². The van der Waals surface area contributed by atoms with Crippen molar-refractivity contribution in [1.82, 2.24) is 5.32 Å². The Bertz CT molecular complexity index is 738. The van der Waals surface area contributed by atoms with Crippen molar-refractivity contribution in [2.45, 2.75) is 38.6 Å². The van der Waals surface area contributed by atoms with Gasteiger partial charge >= 0.3 is 6.09 Å². The minimum atomic E-state index is -1.18. The second kappa shape index (κ2) is 8.75. The molecule has 7 nitrogen and oxygen atoms in total. The number of alkyl carbamates (subject to hydrolysis) is 1. The van der Waals surface area contributed by atoms with E-state index in [9.17, 15) is 15.0 Å². The van der Waals surface area contributed by atoms with Gasteiger partial charge in [-0.05, 0) is 62.7 Å². The number of amides is 1. The molecule has 0 saturated carbocycles. The number of aliphatic hydroxyl groups excluding tert-OH is 2. The Morgan fingerprint density at radius 3 is 2.07 bits per heavy atom. The van der Waals surface area contributed by atoms with Gasteiger partial charge in [0.25, 0.3) is 0 Å². The molecule has 1 amide bonds. The SMILES string of the molecule is CC(C)(C)OC(=O)NCC(O)C(O)c1ccc(Oc2ccc(N)cc2)cc1. The molecule has 7 heteroatoms. The average molecular weight is 374 g/mol. The van der Waals surface area contributed by atoms with Crippen molar-refractivity contribution in [3.05, 3.63) is 54.1 Å². The Hall–Kier alpha value is -2.77. The maximum atomic E-state index is 11.6. The Kier molecular flexibility index (Phi) is 6.65. The zero-order valence-electron chi connectivity index (χ0n) is 15.7. The number of carbonyl (C=O) groups excluding carboxylic acids is 1. The van der Waals surface area contributed by atoms with Crippen molar-refractivity contribution in [3.8, 4) is 11.5 Å².